The Bertz CT molecular complexity index is 346. The fourth-order valence-electron chi connectivity index (χ4n) is 0.941. The Labute approximate surface area is 94.3 Å². The van der Waals surface area contributed by atoms with E-state index in [4.69, 9.17) is 0 Å². The van der Waals surface area contributed by atoms with Gasteiger partial charge in [-0.2, -0.15) is 0 Å². The third-order valence-corrected chi connectivity index (χ3v) is 3.62. The Kier molecular flexibility index (Phi) is 4.48. The summed E-state index contributed by atoms with van der Waals surface area (Å²) in [5, 5.41) is 0. The van der Waals surface area contributed by atoms with E-state index >= 15 is 0 Å². The van der Waals surface area contributed by atoms with E-state index in [1.54, 1.807) is 12.1 Å². The number of carbonyl (C=O) groups is 1. The molecule has 0 amide bonds. The summed E-state index contributed by atoms with van der Waals surface area (Å²) in [5.41, 5.74) is 0. The summed E-state index contributed by atoms with van der Waals surface area (Å²) in [6.07, 6.45) is 0.378. The van der Waals surface area contributed by atoms with Crippen molar-refractivity contribution in [1.29, 1.82) is 0 Å². The topological polar surface area (TPSA) is 34.1 Å². The monoisotopic (exact) mass is 274 g/mol. The van der Waals surface area contributed by atoms with Crippen LogP contribution in [0.3, 0.4) is 0 Å². The maximum atomic E-state index is 11.6. The minimum Gasteiger partial charge on any atom is -0.300 e. The van der Waals surface area contributed by atoms with E-state index in [9.17, 15) is 9.00 Å². The molecule has 14 heavy (non-hydrogen) atoms. The molecule has 4 heteroatoms. The van der Waals surface area contributed by atoms with Crippen molar-refractivity contribution in [3.63, 3.8) is 0 Å². The van der Waals surface area contributed by atoms with Crippen molar-refractivity contribution in [2.75, 3.05) is 5.75 Å². The van der Waals surface area contributed by atoms with Gasteiger partial charge in [-0.3, -0.25) is 9.00 Å². The highest BCUT2D eigenvalue weighted by molar-refractivity contribution is 9.10. The first-order valence-electron chi connectivity index (χ1n) is 4.23. The van der Waals surface area contributed by atoms with Crippen LogP contribution in [0.5, 0.6) is 0 Å². The normalized spacial score (nSPS) is 12.4. The summed E-state index contributed by atoms with van der Waals surface area (Å²) in [4.78, 5) is 11.5. The van der Waals surface area contributed by atoms with Gasteiger partial charge in [0.2, 0.25) is 0 Å². The van der Waals surface area contributed by atoms with E-state index in [2.05, 4.69) is 15.9 Å². The fraction of sp³-hybridized carbons (Fsp3) is 0.300. The van der Waals surface area contributed by atoms with Gasteiger partial charge >= 0.3 is 0 Å². The van der Waals surface area contributed by atoms with Crippen molar-refractivity contribution in [3.05, 3.63) is 28.7 Å². The molecule has 0 aliphatic heterocycles. The van der Waals surface area contributed by atoms with Crippen LogP contribution in [-0.4, -0.2) is 15.7 Å². The van der Waals surface area contributed by atoms with Gasteiger partial charge in [-0.1, -0.05) is 15.9 Å². The molecule has 0 bridgehead atoms. The Balaban J connectivity index is 2.61. The van der Waals surface area contributed by atoms with Gasteiger partial charge in [0.15, 0.2) is 0 Å². The Morgan fingerprint density at radius 2 is 1.93 bits per heavy atom. The highest BCUT2D eigenvalue weighted by atomic mass is 79.9. The van der Waals surface area contributed by atoms with E-state index < -0.39 is 10.8 Å². The van der Waals surface area contributed by atoms with Crippen molar-refractivity contribution >= 4 is 32.5 Å². The van der Waals surface area contributed by atoms with Gasteiger partial charge in [-0.15, -0.1) is 0 Å². The van der Waals surface area contributed by atoms with E-state index in [0.717, 1.165) is 9.37 Å². The van der Waals surface area contributed by atoms with Gasteiger partial charge < -0.3 is 0 Å². The van der Waals surface area contributed by atoms with E-state index in [1.165, 1.54) is 6.92 Å². The minimum absolute atomic E-state index is 0.0791. The predicted octanol–water partition coefficient (Wildman–Crippen LogP) is 2.54. The standard InChI is InChI=1S/C10H11BrO2S/c1-8(12)6-7-14(13)10-4-2-9(11)3-5-10/h2-5H,6-7H2,1H3. The van der Waals surface area contributed by atoms with Crippen molar-refractivity contribution in [2.45, 2.75) is 18.2 Å². The second-order valence-electron chi connectivity index (χ2n) is 2.96. The molecular formula is C10H11BrO2S. The van der Waals surface area contributed by atoms with Crippen molar-refractivity contribution in [1.82, 2.24) is 0 Å². The molecule has 0 aromatic heterocycles. The Hall–Kier alpha value is -0.480. The Morgan fingerprint density at radius 3 is 2.43 bits per heavy atom. The van der Waals surface area contributed by atoms with Gasteiger partial charge in [0.1, 0.15) is 5.78 Å². The molecule has 1 unspecified atom stereocenters. The highest BCUT2D eigenvalue weighted by Gasteiger charge is 2.04. The van der Waals surface area contributed by atoms with Gasteiger partial charge in [-0.05, 0) is 31.2 Å². The van der Waals surface area contributed by atoms with Crippen LogP contribution in [0.1, 0.15) is 13.3 Å². The molecular weight excluding hydrogens is 264 g/mol. The number of hydrogen-bond donors (Lipinski definition) is 0. The number of benzene rings is 1. The van der Waals surface area contributed by atoms with Crippen LogP contribution in [0, 0.1) is 0 Å². The number of carbonyl (C=O) groups excluding carboxylic acids is 1. The fourth-order valence-corrected chi connectivity index (χ4v) is 2.35. The molecule has 0 aliphatic rings. The van der Waals surface area contributed by atoms with Crippen LogP contribution in [0.15, 0.2) is 33.6 Å². The molecule has 0 aliphatic carbocycles. The number of Topliss-reactive ketones (excluding diaryl/α,β-unsaturated/α-hetero) is 1. The van der Waals surface area contributed by atoms with Crippen LogP contribution in [0.4, 0.5) is 0 Å². The first-order chi connectivity index (χ1) is 6.59. The summed E-state index contributed by atoms with van der Waals surface area (Å²) in [7, 11) is -1.05. The highest BCUT2D eigenvalue weighted by Crippen LogP contribution is 2.13. The summed E-state index contributed by atoms with van der Waals surface area (Å²) < 4.78 is 12.6. The number of halogens is 1. The predicted molar refractivity (Wildman–Crippen MR) is 60.7 cm³/mol. The number of ketones is 1. The van der Waals surface area contributed by atoms with Gasteiger partial charge in [0.05, 0.1) is 10.8 Å². The van der Waals surface area contributed by atoms with Gasteiger partial charge in [0.25, 0.3) is 0 Å². The zero-order valence-corrected chi connectivity index (χ0v) is 10.2. The molecule has 2 nitrogen and oxygen atoms in total. The van der Waals surface area contributed by atoms with Crippen LogP contribution in [0.25, 0.3) is 0 Å². The van der Waals surface area contributed by atoms with Crippen molar-refractivity contribution < 1.29 is 9.00 Å². The Morgan fingerprint density at radius 1 is 1.36 bits per heavy atom. The summed E-state index contributed by atoms with van der Waals surface area (Å²) in [6.45, 7) is 1.51. The third-order valence-electron chi connectivity index (χ3n) is 1.72. The van der Waals surface area contributed by atoms with Crippen LogP contribution in [-0.2, 0) is 15.6 Å². The molecule has 0 radical (unpaired) electrons. The summed E-state index contributed by atoms with van der Waals surface area (Å²) in [6, 6.07) is 7.31. The zero-order chi connectivity index (χ0) is 10.6. The second-order valence-corrected chi connectivity index (χ2v) is 5.44. The molecule has 76 valence electrons. The SMILES string of the molecule is CC(=O)CCS(=O)c1ccc(Br)cc1. The maximum Gasteiger partial charge on any atom is 0.130 e. The van der Waals surface area contributed by atoms with Crippen LogP contribution >= 0.6 is 15.9 Å². The lowest BCUT2D eigenvalue weighted by Gasteiger charge is -2.00. The van der Waals surface area contributed by atoms with Crippen molar-refractivity contribution in [3.8, 4) is 0 Å². The lowest BCUT2D eigenvalue weighted by atomic mass is 10.4. The quantitative estimate of drug-likeness (QED) is 0.846. The molecule has 0 saturated carbocycles. The second kappa shape index (κ2) is 5.41. The maximum absolute atomic E-state index is 11.6. The van der Waals surface area contributed by atoms with Gasteiger partial charge in [0, 0.05) is 21.5 Å². The number of hydrogen-bond acceptors (Lipinski definition) is 2. The lowest BCUT2D eigenvalue weighted by Crippen LogP contribution is -2.02. The van der Waals surface area contributed by atoms with Gasteiger partial charge in [-0.25, -0.2) is 0 Å². The number of rotatable bonds is 4. The molecule has 0 spiro atoms. The molecule has 1 rings (SSSR count). The third kappa shape index (κ3) is 3.72. The van der Waals surface area contributed by atoms with Crippen LogP contribution < -0.4 is 0 Å². The molecule has 0 N–H and O–H groups in total. The largest absolute Gasteiger partial charge is 0.300 e. The molecule has 1 aromatic rings. The average Bonchev–Trinajstić information content (AvgIpc) is 2.15. The molecule has 1 aromatic carbocycles. The van der Waals surface area contributed by atoms with Crippen molar-refractivity contribution in [2.24, 2.45) is 0 Å². The minimum atomic E-state index is -1.05. The summed E-state index contributed by atoms with van der Waals surface area (Å²) >= 11 is 3.30. The van der Waals surface area contributed by atoms with E-state index in [1.807, 2.05) is 12.1 Å². The molecule has 0 heterocycles. The lowest BCUT2D eigenvalue weighted by molar-refractivity contribution is -0.116. The average molecular weight is 275 g/mol. The zero-order valence-electron chi connectivity index (χ0n) is 7.83. The first kappa shape index (κ1) is 11.6. The van der Waals surface area contributed by atoms with E-state index in [-0.39, 0.29) is 5.78 Å². The van der Waals surface area contributed by atoms with Crippen LogP contribution in [0.2, 0.25) is 0 Å². The summed E-state index contributed by atoms with van der Waals surface area (Å²) in [5.74, 6) is 0.493. The first-order valence-corrected chi connectivity index (χ1v) is 6.34. The van der Waals surface area contributed by atoms with E-state index in [0.29, 0.717) is 12.2 Å². The molecule has 0 fully saturated rings. The smallest absolute Gasteiger partial charge is 0.130 e. The molecule has 1 atom stereocenters. The molecule has 0 saturated heterocycles.